The Balaban J connectivity index is 1.74. The SMILES string of the molecule is COc1cc(C#N)ccc1NC(=O)C1NC(CC(C)(C)C)C2(C(=O)Nc3cc(Cl)cc(F)c32)C1c1cccc(Cl)c1F. The largest absolute Gasteiger partial charge is 0.495 e. The number of fused-ring (bicyclic) bond motifs is 2. The molecule has 0 aliphatic carbocycles. The smallest absolute Gasteiger partial charge is 0.242 e. The van der Waals surface area contributed by atoms with Gasteiger partial charge in [-0.2, -0.15) is 5.26 Å². The standard InChI is InChI=1S/C31H28Cl2F2N4O3/c1-30(2,3)13-23-31(25-19(34)11-16(32)12-21(25)38-29(31)41)24(17-6-5-7-18(33)26(17)35)27(39-23)28(40)37-20-9-8-15(14-36)10-22(20)42-4/h5-12,23-24,27,39H,13H2,1-4H3,(H,37,40)(H,38,41). The monoisotopic (exact) mass is 612 g/mol. The van der Waals surface area contributed by atoms with E-state index >= 15 is 8.78 Å². The summed E-state index contributed by atoms with van der Waals surface area (Å²) in [5.74, 6) is -3.77. The molecule has 2 aliphatic rings. The van der Waals surface area contributed by atoms with E-state index in [-0.39, 0.29) is 38.3 Å². The highest BCUT2D eigenvalue weighted by Gasteiger charge is 2.67. The van der Waals surface area contributed by atoms with Crippen LogP contribution in [0.4, 0.5) is 20.2 Å². The van der Waals surface area contributed by atoms with Crippen molar-refractivity contribution in [3.05, 3.63) is 86.9 Å². The minimum absolute atomic E-state index is 0.00859. The first-order valence-corrected chi connectivity index (χ1v) is 14.0. The van der Waals surface area contributed by atoms with Gasteiger partial charge in [0.2, 0.25) is 11.8 Å². The summed E-state index contributed by atoms with van der Waals surface area (Å²) in [6.07, 6.45) is 0.324. The maximum absolute atomic E-state index is 16.0. The number of carbonyl (C=O) groups excluding carboxylic acids is 2. The van der Waals surface area contributed by atoms with Gasteiger partial charge in [-0.05, 0) is 47.7 Å². The third-order valence-corrected chi connectivity index (χ3v) is 8.36. The van der Waals surface area contributed by atoms with Crippen molar-refractivity contribution in [2.45, 2.75) is 50.6 Å². The molecule has 2 aliphatic heterocycles. The quantitative estimate of drug-likeness (QED) is 0.303. The van der Waals surface area contributed by atoms with Gasteiger partial charge >= 0.3 is 0 Å². The van der Waals surface area contributed by atoms with E-state index < -0.39 is 52.3 Å². The average molecular weight is 613 g/mol. The number of carbonyl (C=O) groups is 2. The molecule has 2 heterocycles. The zero-order chi connectivity index (χ0) is 30.6. The molecule has 2 amide bonds. The van der Waals surface area contributed by atoms with Crippen molar-refractivity contribution in [1.29, 1.82) is 5.26 Å². The Kier molecular flexibility index (Phi) is 7.69. The van der Waals surface area contributed by atoms with E-state index in [0.717, 1.165) is 6.07 Å². The zero-order valence-corrected chi connectivity index (χ0v) is 24.8. The number of anilines is 2. The van der Waals surface area contributed by atoms with Crippen molar-refractivity contribution in [3.63, 3.8) is 0 Å². The Morgan fingerprint density at radius 3 is 2.57 bits per heavy atom. The summed E-state index contributed by atoms with van der Waals surface area (Å²) >= 11 is 12.4. The third-order valence-electron chi connectivity index (χ3n) is 7.85. The fourth-order valence-electron chi connectivity index (χ4n) is 6.30. The van der Waals surface area contributed by atoms with Crippen molar-refractivity contribution in [1.82, 2.24) is 5.32 Å². The topological polar surface area (TPSA) is 103 Å². The van der Waals surface area contributed by atoms with Crippen LogP contribution < -0.4 is 20.7 Å². The third kappa shape index (κ3) is 4.87. The molecular weight excluding hydrogens is 585 g/mol. The molecule has 0 saturated carbocycles. The number of halogens is 4. The second-order valence-electron chi connectivity index (χ2n) is 11.7. The molecule has 3 aromatic rings. The van der Waals surface area contributed by atoms with Crippen LogP contribution in [-0.2, 0) is 15.0 Å². The van der Waals surface area contributed by atoms with Crippen LogP contribution in [0.3, 0.4) is 0 Å². The fourth-order valence-corrected chi connectivity index (χ4v) is 6.69. The first-order chi connectivity index (χ1) is 19.8. The second-order valence-corrected chi connectivity index (χ2v) is 12.6. The van der Waals surface area contributed by atoms with Gasteiger partial charge < -0.3 is 20.7 Å². The number of nitriles is 1. The fraction of sp³-hybridized carbons (Fsp3) is 0.323. The van der Waals surface area contributed by atoms with Gasteiger partial charge in [0.15, 0.2) is 0 Å². The van der Waals surface area contributed by atoms with E-state index in [1.165, 1.54) is 49.6 Å². The van der Waals surface area contributed by atoms with Gasteiger partial charge in [0.25, 0.3) is 0 Å². The molecule has 218 valence electrons. The molecule has 7 nitrogen and oxygen atoms in total. The highest BCUT2D eigenvalue weighted by atomic mass is 35.5. The minimum atomic E-state index is -1.75. The van der Waals surface area contributed by atoms with Gasteiger partial charge in [-0.25, -0.2) is 8.78 Å². The normalized spacial score (nSPS) is 22.9. The van der Waals surface area contributed by atoms with Crippen molar-refractivity contribution in [2.24, 2.45) is 5.41 Å². The van der Waals surface area contributed by atoms with E-state index in [2.05, 4.69) is 16.0 Å². The number of amides is 2. The Morgan fingerprint density at radius 1 is 1.17 bits per heavy atom. The molecule has 42 heavy (non-hydrogen) atoms. The van der Waals surface area contributed by atoms with Crippen molar-refractivity contribution in [2.75, 3.05) is 17.7 Å². The zero-order valence-electron chi connectivity index (χ0n) is 23.2. The Bertz CT molecular complexity index is 1650. The molecule has 1 spiro atoms. The van der Waals surface area contributed by atoms with E-state index in [1.807, 2.05) is 26.8 Å². The second kappa shape index (κ2) is 10.8. The maximum atomic E-state index is 16.0. The number of hydrogen-bond donors (Lipinski definition) is 3. The molecule has 11 heteroatoms. The van der Waals surface area contributed by atoms with Crippen LogP contribution in [0.25, 0.3) is 0 Å². The van der Waals surface area contributed by atoms with Crippen LogP contribution in [0.15, 0.2) is 48.5 Å². The number of benzene rings is 3. The average Bonchev–Trinajstić information content (AvgIpc) is 3.39. The molecule has 0 radical (unpaired) electrons. The Morgan fingerprint density at radius 2 is 1.90 bits per heavy atom. The van der Waals surface area contributed by atoms with Crippen LogP contribution in [0, 0.1) is 28.4 Å². The summed E-state index contributed by atoms with van der Waals surface area (Å²) < 4.78 is 37.3. The van der Waals surface area contributed by atoms with Gasteiger partial charge in [-0.1, -0.05) is 56.1 Å². The summed E-state index contributed by atoms with van der Waals surface area (Å²) in [5, 5.41) is 18.0. The Hall–Kier alpha value is -3.71. The van der Waals surface area contributed by atoms with Crippen LogP contribution >= 0.6 is 23.2 Å². The van der Waals surface area contributed by atoms with E-state index in [9.17, 15) is 14.9 Å². The predicted octanol–water partition coefficient (Wildman–Crippen LogP) is 6.54. The number of nitrogens with zero attached hydrogens (tertiary/aromatic N) is 1. The van der Waals surface area contributed by atoms with Crippen LogP contribution in [0.5, 0.6) is 5.75 Å². The molecule has 4 atom stereocenters. The van der Waals surface area contributed by atoms with Crippen LogP contribution in [0.1, 0.15) is 49.8 Å². The van der Waals surface area contributed by atoms with Crippen molar-refractivity contribution < 1.29 is 23.1 Å². The highest BCUT2D eigenvalue weighted by Crippen LogP contribution is 2.58. The number of rotatable bonds is 5. The van der Waals surface area contributed by atoms with Gasteiger partial charge in [-0.3, -0.25) is 9.59 Å². The minimum Gasteiger partial charge on any atom is -0.495 e. The van der Waals surface area contributed by atoms with Crippen LogP contribution in [-0.4, -0.2) is 31.0 Å². The van der Waals surface area contributed by atoms with Gasteiger partial charge in [0.1, 0.15) is 22.8 Å². The molecular formula is C31H28Cl2F2N4O3. The van der Waals surface area contributed by atoms with Gasteiger partial charge in [-0.15, -0.1) is 0 Å². The lowest BCUT2D eigenvalue weighted by atomic mass is 9.62. The number of methoxy groups -OCH3 is 1. The number of nitrogens with one attached hydrogen (secondary N) is 3. The van der Waals surface area contributed by atoms with E-state index in [4.69, 9.17) is 27.9 Å². The lowest BCUT2D eigenvalue weighted by Gasteiger charge is -2.37. The maximum Gasteiger partial charge on any atom is 0.242 e. The molecule has 1 saturated heterocycles. The summed E-state index contributed by atoms with van der Waals surface area (Å²) in [6.45, 7) is 5.87. The van der Waals surface area contributed by atoms with E-state index in [0.29, 0.717) is 12.0 Å². The van der Waals surface area contributed by atoms with Gasteiger partial charge in [0, 0.05) is 34.3 Å². The summed E-state index contributed by atoms with van der Waals surface area (Å²) in [5.41, 5.74) is -1.41. The lowest BCUT2D eigenvalue weighted by Crippen LogP contribution is -2.50. The summed E-state index contributed by atoms with van der Waals surface area (Å²) in [6, 6.07) is 11.4. The Labute approximate surface area is 252 Å². The molecule has 0 bridgehead atoms. The van der Waals surface area contributed by atoms with E-state index in [1.54, 1.807) is 0 Å². The van der Waals surface area contributed by atoms with Crippen LogP contribution in [0.2, 0.25) is 10.0 Å². The number of hydrogen-bond acceptors (Lipinski definition) is 5. The molecule has 0 aromatic heterocycles. The molecule has 3 N–H and O–H groups in total. The first-order valence-electron chi connectivity index (χ1n) is 13.2. The van der Waals surface area contributed by atoms with Crippen molar-refractivity contribution >= 4 is 46.4 Å². The molecule has 3 aromatic carbocycles. The van der Waals surface area contributed by atoms with Gasteiger partial charge in [0.05, 0.1) is 35.5 Å². The summed E-state index contributed by atoms with van der Waals surface area (Å²) in [4.78, 5) is 28.3. The van der Waals surface area contributed by atoms with Crippen molar-refractivity contribution in [3.8, 4) is 11.8 Å². The highest BCUT2D eigenvalue weighted by molar-refractivity contribution is 6.31. The first kappa shape index (κ1) is 29.8. The predicted molar refractivity (Wildman–Crippen MR) is 157 cm³/mol. The molecule has 4 unspecified atom stereocenters. The number of ether oxygens (including phenoxy) is 1. The molecule has 1 fully saturated rings. The molecule has 5 rings (SSSR count). The summed E-state index contributed by atoms with van der Waals surface area (Å²) in [7, 11) is 1.40. The lowest BCUT2D eigenvalue weighted by molar-refractivity contribution is -0.122.